The largest absolute Gasteiger partial charge is 0.573 e. The van der Waals surface area contributed by atoms with Crippen molar-refractivity contribution in [2.24, 2.45) is 11.3 Å². The summed E-state index contributed by atoms with van der Waals surface area (Å²) < 4.78 is 46.0. The molecule has 1 unspecified atom stereocenters. The van der Waals surface area contributed by atoms with Crippen molar-refractivity contribution in [2.75, 3.05) is 7.11 Å². The summed E-state index contributed by atoms with van der Waals surface area (Å²) in [6.07, 6.45) is -1.86. The Morgan fingerprint density at radius 2 is 1.70 bits per heavy atom. The third kappa shape index (κ3) is 4.75. The molecule has 2 rings (SSSR count). The maximum Gasteiger partial charge on any atom is 0.573 e. The van der Waals surface area contributed by atoms with Crippen molar-refractivity contribution < 1.29 is 37.3 Å². The van der Waals surface area contributed by atoms with Gasteiger partial charge in [-0.15, -0.1) is 13.2 Å². The first-order valence-corrected chi connectivity index (χ1v) is 9.07. The Kier molecular flexibility index (Phi) is 6.49. The van der Waals surface area contributed by atoms with Crippen molar-refractivity contribution in [1.29, 1.82) is 0 Å². The Morgan fingerprint density at radius 3 is 2.17 bits per heavy atom. The molecule has 1 aliphatic carbocycles. The molecule has 0 saturated heterocycles. The number of ether oxygens (including phenoxy) is 2. The molecule has 0 heterocycles. The minimum Gasteiger partial charge on any atom is -0.500 e. The highest BCUT2D eigenvalue weighted by Crippen LogP contribution is 2.48. The van der Waals surface area contributed by atoms with Gasteiger partial charge < -0.3 is 14.6 Å². The van der Waals surface area contributed by atoms with Crippen molar-refractivity contribution in [3.05, 3.63) is 64.5 Å². The third-order valence-corrected chi connectivity index (χ3v) is 5.39. The van der Waals surface area contributed by atoms with E-state index in [2.05, 4.69) is 4.74 Å². The topological polar surface area (TPSA) is 72.8 Å². The zero-order valence-electron chi connectivity index (χ0n) is 17.3. The molecule has 1 atom stereocenters. The van der Waals surface area contributed by atoms with Crippen LogP contribution in [0.5, 0.6) is 5.75 Å². The first-order chi connectivity index (χ1) is 13.8. The average Bonchev–Trinajstić information content (AvgIpc) is 2.62. The van der Waals surface area contributed by atoms with Gasteiger partial charge in [-0.05, 0) is 49.6 Å². The van der Waals surface area contributed by atoms with E-state index in [-0.39, 0.29) is 11.1 Å². The van der Waals surface area contributed by atoms with Crippen LogP contribution in [0.2, 0.25) is 0 Å². The molecule has 0 aromatic heterocycles. The van der Waals surface area contributed by atoms with Crippen LogP contribution in [0, 0.1) is 11.3 Å². The lowest BCUT2D eigenvalue weighted by Crippen LogP contribution is -2.33. The number of hydrogen-bond acceptors (Lipinski definition) is 4. The Balaban J connectivity index is 2.32. The van der Waals surface area contributed by atoms with E-state index in [1.807, 2.05) is 13.8 Å². The summed E-state index contributed by atoms with van der Waals surface area (Å²) in [5.41, 5.74) is 0.877. The summed E-state index contributed by atoms with van der Waals surface area (Å²) in [6.45, 7) is 7.11. The lowest BCUT2D eigenvalue weighted by atomic mass is 9.66. The van der Waals surface area contributed by atoms with Crippen LogP contribution in [0.1, 0.15) is 38.1 Å². The van der Waals surface area contributed by atoms with E-state index in [1.54, 1.807) is 19.9 Å². The highest BCUT2D eigenvalue weighted by molar-refractivity contribution is 6.04. The number of allylic oxidation sites excluding steroid dienone is 3. The lowest BCUT2D eigenvalue weighted by molar-refractivity contribution is -0.274. The second-order valence-corrected chi connectivity index (χ2v) is 7.49. The molecule has 0 spiro atoms. The Bertz CT molecular complexity index is 935. The van der Waals surface area contributed by atoms with E-state index in [0.717, 1.165) is 12.1 Å². The normalized spacial score (nSPS) is 19.3. The Hall–Kier alpha value is -3.03. The second kappa shape index (κ2) is 8.38. The van der Waals surface area contributed by atoms with Crippen LogP contribution in [0.3, 0.4) is 0 Å². The smallest absolute Gasteiger partial charge is 0.500 e. The van der Waals surface area contributed by atoms with Crippen molar-refractivity contribution in [3.63, 3.8) is 0 Å². The predicted octanol–water partition coefficient (Wildman–Crippen LogP) is 5.30. The molecular formula is C22H23F3O5. The Morgan fingerprint density at radius 1 is 1.13 bits per heavy atom. The van der Waals surface area contributed by atoms with Crippen LogP contribution < -0.4 is 4.74 Å². The quantitative estimate of drug-likeness (QED) is 0.496. The highest BCUT2D eigenvalue weighted by atomic mass is 19.4. The minimum atomic E-state index is -4.81. The van der Waals surface area contributed by atoms with Crippen molar-refractivity contribution >= 4 is 11.8 Å². The maximum absolute atomic E-state index is 12.5. The fraction of sp³-hybridized carbons (Fsp3) is 0.364. The van der Waals surface area contributed by atoms with Crippen LogP contribution in [-0.2, 0) is 9.53 Å². The van der Waals surface area contributed by atoms with Crippen molar-refractivity contribution in [3.8, 4) is 5.75 Å². The molecule has 1 aromatic rings. The minimum absolute atomic E-state index is 0.188. The van der Waals surface area contributed by atoms with Crippen molar-refractivity contribution in [2.45, 2.75) is 34.1 Å². The van der Waals surface area contributed by atoms with Gasteiger partial charge in [-0.2, -0.15) is 0 Å². The van der Waals surface area contributed by atoms with E-state index in [0.29, 0.717) is 16.9 Å². The number of hydrogen-bond donors (Lipinski definition) is 1. The number of benzene rings is 1. The van der Waals surface area contributed by atoms with E-state index < -0.39 is 35.2 Å². The number of carbonyl (C=O) groups excluding carboxylic acids is 1. The number of methoxy groups -OCH3 is 1. The molecule has 0 saturated carbocycles. The molecule has 0 amide bonds. The van der Waals surface area contributed by atoms with Crippen LogP contribution >= 0.6 is 0 Å². The first kappa shape index (κ1) is 23.3. The van der Waals surface area contributed by atoms with Gasteiger partial charge in [0.05, 0.1) is 12.7 Å². The predicted molar refractivity (Wildman–Crippen MR) is 104 cm³/mol. The molecule has 5 nitrogen and oxygen atoms in total. The second-order valence-electron chi connectivity index (χ2n) is 7.49. The van der Waals surface area contributed by atoms with Gasteiger partial charge in [-0.1, -0.05) is 25.5 Å². The molecule has 30 heavy (non-hydrogen) atoms. The maximum atomic E-state index is 12.5. The van der Waals surface area contributed by atoms with Gasteiger partial charge >= 0.3 is 12.3 Å². The van der Waals surface area contributed by atoms with Gasteiger partial charge in [0.2, 0.25) is 0 Å². The number of carbonyl (C=O) groups is 2. The fourth-order valence-corrected chi connectivity index (χ4v) is 3.55. The number of ketones is 1. The van der Waals surface area contributed by atoms with E-state index >= 15 is 0 Å². The molecule has 162 valence electrons. The molecule has 8 heteroatoms. The Labute approximate surface area is 172 Å². The van der Waals surface area contributed by atoms with Gasteiger partial charge in [0.1, 0.15) is 11.5 Å². The number of rotatable bonds is 6. The van der Waals surface area contributed by atoms with Crippen LogP contribution in [-0.4, -0.2) is 30.3 Å². The summed E-state index contributed by atoms with van der Waals surface area (Å²) >= 11 is 0. The summed E-state index contributed by atoms with van der Waals surface area (Å²) in [6, 6.07) is 4.61. The van der Waals surface area contributed by atoms with E-state index in [4.69, 9.17) is 4.74 Å². The fourth-order valence-electron chi connectivity index (χ4n) is 3.55. The molecular weight excluding hydrogens is 401 g/mol. The van der Waals surface area contributed by atoms with Gasteiger partial charge in [0.15, 0.2) is 5.78 Å². The van der Waals surface area contributed by atoms with Crippen LogP contribution in [0.15, 0.2) is 58.9 Å². The first-order valence-electron chi connectivity index (χ1n) is 9.07. The van der Waals surface area contributed by atoms with Gasteiger partial charge in [-0.3, -0.25) is 4.79 Å². The van der Waals surface area contributed by atoms with Crippen molar-refractivity contribution in [1.82, 2.24) is 0 Å². The standard InChI is InChI=1S/C22H23F3O5/c1-12-18(20(27)28)13(2)21(3,4)16(19(12)29-5)10-11-17(26)14-6-8-15(9-7-14)30-22(23,24)25/h6-11,16H,1-5H3,(H,27,28). The molecule has 1 N–H and O–H groups in total. The molecule has 0 bridgehead atoms. The van der Waals surface area contributed by atoms with Crippen LogP contribution in [0.4, 0.5) is 13.2 Å². The zero-order valence-corrected chi connectivity index (χ0v) is 17.3. The SMILES string of the molecule is COC1=C(C)C(C(=O)O)=C(C)C(C)(C)C1C=CC(=O)c1ccc(OC(F)(F)F)cc1. The number of aliphatic carboxylic acids is 1. The third-order valence-electron chi connectivity index (χ3n) is 5.39. The number of alkyl halides is 3. The van der Waals surface area contributed by atoms with E-state index in [1.165, 1.54) is 25.3 Å². The number of halogens is 3. The zero-order chi connectivity index (χ0) is 22.9. The highest BCUT2D eigenvalue weighted by Gasteiger charge is 2.41. The summed E-state index contributed by atoms with van der Waals surface area (Å²) in [5.74, 6) is -1.84. The lowest BCUT2D eigenvalue weighted by Gasteiger charge is -2.40. The van der Waals surface area contributed by atoms with Gasteiger partial charge in [0.25, 0.3) is 0 Å². The molecule has 1 aliphatic rings. The monoisotopic (exact) mass is 424 g/mol. The number of carboxylic acid groups (broad SMARTS) is 1. The average molecular weight is 424 g/mol. The molecule has 1 aromatic carbocycles. The summed E-state index contributed by atoms with van der Waals surface area (Å²) in [4.78, 5) is 24.2. The van der Waals surface area contributed by atoms with Gasteiger partial charge in [0, 0.05) is 17.1 Å². The number of carboxylic acids is 1. The van der Waals surface area contributed by atoms with E-state index in [9.17, 15) is 27.9 Å². The molecule has 0 radical (unpaired) electrons. The van der Waals surface area contributed by atoms with Gasteiger partial charge in [-0.25, -0.2) is 4.79 Å². The summed E-state index contributed by atoms with van der Waals surface area (Å²) in [7, 11) is 1.44. The molecule has 0 fully saturated rings. The van der Waals surface area contributed by atoms with Crippen LogP contribution in [0.25, 0.3) is 0 Å². The molecule has 0 aliphatic heterocycles. The summed E-state index contributed by atoms with van der Waals surface area (Å²) in [5, 5.41) is 9.57.